The van der Waals surface area contributed by atoms with Crippen LogP contribution >= 0.6 is 22.7 Å². The van der Waals surface area contributed by atoms with Gasteiger partial charge in [-0.1, -0.05) is 12.1 Å². The van der Waals surface area contributed by atoms with Gasteiger partial charge in [0.15, 0.2) is 0 Å². The summed E-state index contributed by atoms with van der Waals surface area (Å²) in [5.41, 5.74) is 13.0. The fourth-order valence-corrected chi connectivity index (χ4v) is 2.55. The van der Waals surface area contributed by atoms with Gasteiger partial charge in [0.25, 0.3) is 0 Å². The second-order valence-corrected chi connectivity index (χ2v) is 5.19. The summed E-state index contributed by atoms with van der Waals surface area (Å²) in [6.45, 7) is 0. The van der Waals surface area contributed by atoms with E-state index in [0.717, 1.165) is 9.75 Å². The van der Waals surface area contributed by atoms with E-state index in [0.29, 0.717) is 11.4 Å². The van der Waals surface area contributed by atoms with Crippen molar-refractivity contribution in [2.75, 3.05) is 0 Å². The van der Waals surface area contributed by atoms with E-state index >= 15 is 0 Å². The number of nitrogens with two attached hydrogens (primary N) is 2. The molecule has 4 heteroatoms. The van der Waals surface area contributed by atoms with Crippen molar-refractivity contribution in [3.63, 3.8) is 0 Å². The van der Waals surface area contributed by atoms with Crippen LogP contribution in [0.3, 0.4) is 0 Å². The smallest absolute Gasteiger partial charge is 0.0562 e. The molecule has 0 fully saturated rings. The van der Waals surface area contributed by atoms with Crippen LogP contribution in [0.15, 0.2) is 46.4 Å². The third-order valence-corrected chi connectivity index (χ3v) is 3.65. The van der Waals surface area contributed by atoms with Gasteiger partial charge < -0.3 is 11.5 Å². The van der Waals surface area contributed by atoms with E-state index in [9.17, 15) is 0 Å². The third kappa shape index (κ3) is 2.74. The van der Waals surface area contributed by atoms with Crippen LogP contribution in [-0.4, -0.2) is 0 Å². The predicted octanol–water partition coefficient (Wildman–Crippen LogP) is 3.11. The first kappa shape index (κ1) is 11.0. The van der Waals surface area contributed by atoms with E-state index in [1.165, 1.54) is 0 Å². The molecule has 0 radical (unpaired) electrons. The molecular weight excluding hydrogens is 236 g/mol. The lowest BCUT2D eigenvalue weighted by Crippen LogP contribution is -2.08. The topological polar surface area (TPSA) is 52.0 Å². The highest BCUT2D eigenvalue weighted by atomic mass is 32.1. The molecule has 4 N–H and O–H groups in total. The Morgan fingerprint density at radius 1 is 0.875 bits per heavy atom. The molecule has 0 aliphatic heterocycles. The summed E-state index contributed by atoms with van der Waals surface area (Å²) in [6, 6.07) is 8.00. The van der Waals surface area contributed by atoms with Crippen LogP contribution in [0.1, 0.15) is 9.75 Å². The fourth-order valence-electron chi connectivity index (χ4n) is 1.22. The Morgan fingerprint density at radius 3 is 1.62 bits per heavy atom. The van der Waals surface area contributed by atoms with Crippen molar-refractivity contribution in [1.29, 1.82) is 0 Å². The van der Waals surface area contributed by atoms with Gasteiger partial charge in [0.1, 0.15) is 0 Å². The highest BCUT2D eigenvalue weighted by Gasteiger charge is 1.98. The zero-order valence-corrected chi connectivity index (χ0v) is 10.2. The first-order chi connectivity index (χ1) is 7.75. The molecule has 82 valence electrons. The van der Waals surface area contributed by atoms with Crippen LogP contribution in [0.5, 0.6) is 0 Å². The van der Waals surface area contributed by atoms with E-state index in [-0.39, 0.29) is 0 Å². The lowest BCUT2D eigenvalue weighted by atomic mass is 10.2. The average molecular weight is 248 g/mol. The lowest BCUT2D eigenvalue weighted by Gasteiger charge is -2.00. The molecule has 0 aliphatic carbocycles. The van der Waals surface area contributed by atoms with Crippen molar-refractivity contribution >= 4 is 34.8 Å². The summed E-state index contributed by atoms with van der Waals surface area (Å²) in [4.78, 5) is 2.22. The van der Waals surface area contributed by atoms with Crippen molar-refractivity contribution in [2.24, 2.45) is 11.5 Å². The molecule has 0 spiro atoms. The van der Waals surface area contributed by atoms with Crippen molar-refractivity contribution in [3.8, 4) is 0 Å². The lowest BCUT2D eigenvalue weighted by molar-refractivity contribution is 1.29. The van der Waals surface area contributed by atoms with Gasteiger partial charge in [0.2, 0.25) is 0 Å². The summed E-state index contributed by atoms with van der Waals surface area (Å²) in [5.74, 6) is 0. The van der Waals surface area contributed by atoms with Gasteiger partial charge >= 0.3 is 0 Å². The van der Waals surface area contributed by atoms with Gasteiger partial charge in [0.05, 0.1) is 11.4 Å². The normalized spacial score (nSPS) is 13.0. The molecule has 0 saturated carbocycles. The highest BCUT2D eigenvalue weighted by Crippen LogP contribution is 2.16. The van der Waals surface area contributed by atoms with Crippen LogP contribution in [0.25, 0.3) is 12.2 Å². The summed E-state index contributed by atoms with van der Waals surface area (Å²) < 4.78 is 0. The Hall–Kier alpha value is -1.52. The second kappa shape index (κ2) is 5.01. The zero-order valence-electron chi connectivity index (χ0n) is 8.59. The Kier molecular flexibility index (Phi) is 3.44. The van der Waals surface area contributed by atoms with Crippen molar-refractivity contribution in [2.45, 2.75) is 0 Å². The summed E-state index contributed by atoms with van der Waals surface area (Å²) in [7, 11) is 0. The maximum atomic E-state index is 5.90. The van der Waals surface area contributed by atoms with Crippen LogP contribution in [0.2, 0.25) is 0 Å². The van der Waals surface area contributed by atoms with E-state index in [1.807, 2.05) is 47.2 Å². The molecule has 0 aromatic carbocycles. The van der Waals surface area contributed by atoms with Gasteiger partial charge in [-0.05, 0) is 35.0 Å². The maximum Gasteiger partial charge on any atom is 0.0562 e. The predicted molar refractivity (Wildman–Crippen MR) is 73.0 cm³/mol. The van der Waals surface area contributed by atoms with Gasteiger partial charge in [-0.3, -0.25) is 0 Å². The number of thiophene rings is 2. The number of hydrogen-bond donors (Lipinski definition) is 2. The van der Waals surface area contributed by atoms with Gasteiger partial charge in [-0.15, -0.1) is 22.7 Å². The van der Waals surface area contributed by atoms with E-state index < -0.39 is 0 Å². The Bertz CT molecular complexity index is 445. The Morgan fingerprint density at radius 2 is 1.31 bits per heavy atom. The molecule has 2 rings (SSSR count). The summed E-state index contributed by atoms with van der Waals surface area (Å²) >= 11 is 3.28. The van der Waals surface area contributed by atoms with E-state index in [4.69, 9.17) is 11.5 Å². The first-order valence-corrected chi connectivity index (χ1v) is 6.53. The van der Waals surface area contributed by atoms with E-state index in [1.54, 1.807) is 22.7 Å². The number of hydrogen-bond acceptors (Lipinski definition) is 4. The molecule has 0 aliphatic rings. The van der Waals surface area contributed by atoms with Crippen LogP contribution in [0, 0.1) is 0 Å². The van der Waals surface area contributed by atoms with Gasteiger partial charge in [-0.25, -0.2) is 0 Å². The molecule has 0 amide bonds. The molecule has 16 heavy (non-hydrogen) atoms. The van der Waals surface area contributed by atoms with Crippen LogP contribution in [0.4, 0.5) is 0 Å². The zero-order chi connectivity index (χ0) is 11.4. The van der Waals surface area contributed by atoms with Crippen LogP contribution < -0.4 is 11.5 Å². The standard InChI is InChI=1S/C12H12N2S2/c13-11(7-9-3-1-5-15-9)12(14)8-10-4-2-6-16-10/h1-8H,13-14H2. The largest absolute Gasteiger partial charge is 0.397 e. The summed E-state index contributed by atoms with van der Waals surface area (Å²) in [5, 5.41) is 4.02. The minimum absolute atomic E-state index is 0.607. The molecule has 2 aromatic rings. The quantitative estimate of drug-likeness (QED) is 0.820. The van der Waals surface area contributed by atoms with Crippen molar-refractivity contribution in [1.82, 2.24) is 0 Å². The van der Waals surface area contributed by atoms with Gasteiger partial charge in [0, 0.05) is 9.75 Å². The van der Waals surface area contributed by atoms with Crippen LogP contribution in [-0.2, 0) is 0 Å². The first-order valence-electron chi connectivity index (χ1n) is 4.77. The number of rotatable bonds is 3. The Balaban J connectivity index is 2.19. The minimum atomic E-state index is 0.607. The minimum Gasteiger partial charge on any atom is -0.397 e. The SMILES string of the molecule is NC(=Cc1cccs1)C(N)=Cc1cccs1. The second-order valence-electron chi connectivity index (χ2n) is 3.23. The highest BCUT2D eigenvalue weighted by molar-refractivity contribution is 7.11. The molecule has 2 heterocycles. The van der Waals surface area contributed by atoms with Gasteiger partial charge in [-0.2, -0.15) is 0 Å². The average Bonchev–Trinajstić information content (AvgIpc) is 2.90. The maximum absolute atomic E-state index is 5.90. The van der Waals surface area contributed by atoms with E-state index in [2.05, 4.69) is 0 Å². The molecule has 0 atom stereocenters. The van der Waals surface area contributed by atoms with Crippen molar-refractivity contribution < 1.29 is 0 Å². The summed E-state index contributed by atoms with van der Waals surface area (Å²) in [6.07, 6.45) is 3.79. The monoisotopic (exact) mass is 248 g/mol. The molecule has 0 saturated heterocycles. The molecule has 0 bridgehead atoms. The molecule has 2 nitrogen and oxygen atoms in total. The third-order valence-electron chi connectivity index (χ3n) is 2.02. The molecule has 2 aromatic heterocycles. The molecular formula is C12H12N2S2. The Labute approximate surface area is 103 Å². The fraction of sp³-hybridized carbons (Fsp3) is 0. The van der Waals surface area contributed by atoms with Crippen molar-refractivity contribution in [3.05, 3.63) is 56.2 Å². The molecule has 0 unspecified atom stereocenters.